The zero-order valence-electron chi connectivity index (χ0n) is 19.4. The van der Waals surface area contributed by atoms with Crippen LogP contribution in [0.1, 0.15) is 48.8 Å². The molecule has 8 nitrogen and oxygen atoms in total. The van der Waals surface area contributed by atoms with Gasteiger partial charge in [0.05, 0.1) is 0 Å². The van der Waals surface area contributed by atoms with Gasteiger partial charge in [0, 0.05) is 30.9 Å². The molecule has 180 valence electrons. The third-order valence-corrected chi connectivity index (χ3v) is 6.54. The second-order valence-corrected chi connectivity index (χ2v) is 9.23. The van der Waals surface area contributed by atoms with E-state index in [1.807, 2.05) is 49.4 Å². The predicted molar refractivity (Wildman–Crippen MR) is 129 cm³/mol. The fraction of sp³-hybridized carbons (Fsp3) is 0.423. The summed E-state index contributed by atoms with van der Waals surface area (Å²) in [6.07, 6.45) is 3.41. The summed E-state index contributed by atoms with van der Waals surface area (Å²) in [6, 6.07) is 13.0. The van der Waals surface area contributed by atoms with Gasteiger partial charge in [-0.25, -0.2) is 9.59 Å². The summed E-state index contributed by atoms with van der Waals surface area (Å²) < 4.78 is 5.71. The van der Waals surface area contributed by atoms with Crippen molar-refractivity contribution in [2.75, 3.05) is 17.2 Å². The number of nitrogens with one attached hydrogen (secondary N) is 2. The molecule has 0 bridgehead atoms. The maximum atomic E-state index is 12.7. The quantitative estimate of drug-likeness (QED) is 0.565. The highest BCUT2D eigenvalue weighted by atomic mass is 16.6. The summed E-state index contributed by atoms with van der Waals surface area (Å²) in [6.45, 7) is 3.00. The Bertz CT molecular complexity index is 1060. The Kier molecular flexibility index (Phi) is 7.35. The molecule has 3 N–H and O–H groups in total. The molecule has 0 saturated heterocycles. The lowest BCUT2D eigenvalue weighted by Gasteiger charge is -2.32. The first-order valence-corrected chi connectivity index (χ1v) is 11.8. The summed E-state index contributed by atoms with van der Waals surface area (Å²) >= 11 is 0. The van der Waals surface area contributed by atoms with Gasteiger partial charge in [-0.3, -0.25) is 4.79 Å². The fourth-order valence-corrected chi connectivity index (χ4v) is 4.72. The molecule has 1 aliphatic heterocycles. The minimum Gasteiger partial charge on any atom is -0.481 e. The number of aryl methyl sites for hydroxylation is 1. The number of benzene rings is 2. The van der Waals surface area contributed by atoms with Gasteiger partial charge in [-0.1, -0.05) is 18.2 Å². The van der Waals surface area contributed by atoms with Crippen molar-refractivity contribution < 1.29 is 24.2 Å². The molecule has 2 aromatic rings. The molecule has 0 spiro atoms. The number of ether oxygens (including phenoxy) is 1. The van der Waals surface area contributed by atoms with Crippen LogP contribution in [0.5, 0.6) is 0 Å². The number of nitrogens with zero attached hydrogens (tertiary/aromatic N) is 1. The van der Waals surface area contributed by atoms with E-state index in [9.17, 15) is 14.4 Å². The molecule has 0 unspecified atom stereocenters. The van der Waals surface area contributed by atoms with Crippen LogP contribution in [0.25, 0.3) is 0 Å². The monoisotopic (exact) mass is 465 g/mol. The number of hydrogen-bond donors (Lipinski definition) is 3. The highest BCUT2D eigenvalue weighted by molar-refractivity contribution is 5.99. The molecule has 4 rings (SSSR count). The van der Waals surface area contributed by atoms with Gasteiger partial charge < -0.3 is 25.4 Å². The van der Waals surface area contributed by atoms with Gasteiger partial charge in [-0.15, -0.1) is 0 Å². The number of aliphatic carboxylic acids is 1. The lowest BCUT2D eigenvalue weighted by molar-refractivity contribution is -0.138. The van der Waals surface area contributed by atoms with Crippen LogP contribution in [-0.2, 0) is 22.5 Å². The smallest absolute Gasteiger partial charge is 0.410 e. The van der Waals surface area contributed by atoms with Gasteiger partial charge in [-0.05, 0) is 85.9 Å². The zero-order valence-corrected chi connectivity index (χ0v) is 19.4. The van der Waals surface area contributed by atoms with Gasteiger partial charge in [0.25, 0.3) is 0 Å². The largest absolute Gasteiger partial charge is 0.481 e. The van der Waals surface area contributed by atoms with Crippen LogP contribution in [0, 0.1) is 12.8 Å². The van der Waals surface area contributed by atoms with Gasteiger partial charge in [0.15, 0.2) is 0 Å². The molecule has 34 heavy (non-hydrogen) atoms. The molecule has 0 aromatic heterocycles. The number of amides is 3. The molecule has 0 radical (unpaired) electrons. The lowest BCUT2D eigenvalue weighted by atomic mass is 9.85. The Morgan fingerprint density at radius 3 is 2.44 bits per heavy atom. The maximum absolute atomic E-state index is 12.7. The van der Waals surface area contributed by atoms with E-state index in [4.69, 9.17) is 9.84 Å². The van der Waals surface area contributed by atoms with E-state index in [2.05, 4.69) is 10.6 Å². The average molecular weight is 466 g/mol. The van der Waals surface area contributed by atoms with Crippen LogP contribution in [0.4, 0.5) is 21.0 Å². The summed E-state index contributed by atoms with van der Waals surface area (Å²) in [5.74, 6) is -0.589. The molecule has 2 aliphatic rings. The molecule has 1 fully saturated rings. The van der Waals surface area contributed by atoms with E-state index in [-0.39, 0.29) is 30.6 Å². The normalized spacial score (nSPS) is 19.6. The van der Waals surface area contributed by atoms with Crippen molar-refractivity contribution in [1.82, 2.24) is 4.90 Å². The second-order valence-electron chi connectivity index (χ2n) is 9.23. The van der Waals surface area contributed by atoms with Crippen molar-refractivity contribution in [3.05, 3.63) is 59.2 Å². The third-order valence-electron chi connectivity index (χ3n) is 6.54. The lowest BCUT2D eigenvalue weighted by Crippen LogP contribution is -2.39. The number of urea groups is 1. The van der Waals surface area contributed by atoms with Gasteiger partial charge >= 0.3 is 18.1 Å². The molecular formula is C26H31N3O5. The third kappa shape index (κ3) is 6.27. The zero-order chi connectivity index (χ0) is 24.1. The van der Waals surface area contributed by atoms with Crippen molar-refractivity contribution in [2.24, 2.45) is 5.92 Å². The molecular weight excluding hydrogens is 434 g/mol. The van der Waals surface area contributed by atoms with E-state index < -0.39 is 5.97 Å². The van der Waals surface area contributed by atoms with E-state index in [1.165, 1.54) is 0 Å². The summed E-state index contributed by atoms with van der Waals surface area (Å²) in [5.41, 5.74) is 4.66. The molecule has 0 atom stereocenters. The number of carbonyl (C=O) groups excluding carboxylic acids is 2. The summed E-state index contributed by atoms with van der Waals surface area (Å²) in [4.78, 5) is 37.6. The van der Waals surface area contributed by atoms with Gasteiger partial charge in [0.2, 0.25) is 0 Å². The molecule has 1 saturated carbocycles. The van der Waals surface area contributed by atoms with E-state index in [0.29, 0.717) is 38.0 Å². The van der Waals surface area contributed by atoms with Crippen LogP contribution in [0.15, 0.2) is 42.5 Å². The molecule has 1 aliphatic carbocycles. The summed E-state index contributed by atoms with van der Waals surface area (Å²) in [5, 5.41) is 14.6. The number of anilines is 2. The molecule has 1 heterocycles. The second kappa shape index (κ2) is 10.6. The fourth-order valence-electron chi connectivity index (χ4n) is 4.72. The Labute approximate surface area is 199 Å². The van der Waals surface area contributed by atoms with Crippen molar-refractivity contribution in [3.63, 3.8) is 0 Å². The molecule has 2 aromatic carbocycles. The molecule has 8 heteroatoms. The molecule has 3 amide bonds. The van der Waals surface area contributed by atoms with Crippen molar-refractivity contribution in [1.29, 1.82) is 0 Å². The van der Waals surface area contributed by atoms with Crippen LogP contribution in [-0.4, -0.2) is 40.7 Å². The number of hydrogen-bond acceptors (Lipinski definition) is 4. The van der Waals surface area contributed by atoms with Crippen molar-refractivity contribution >= 4 is 29.5 Å². The minimum absolute atomic E-state index is 0.141. The first-order valence-electron chi connectivity index (χ1n) is 11.8. The van der Waals surface area contributed by atoms with Crippen LogP contribution in [0.2, 0.25) is 0 Å². The highest BCUT2D eigenvalue weighted by Gasteiger charge is 2.28. The van der Waals surface area contributed by atoms with Crippen LogP contribution >= 0.6 is 0 Å². The summed E-state index contributed by atoms with van der Waals surface area (Å²) in [7, 11) is 0. The Morgan fingerprint density at radius 2 is 1.74 bits per heavy atom. The maximum Gasteiger partial charge on any atom is 0.410 e. The number of carboxylic acids is 1. The standard InChI is InChI=1S/C26H31N3O5/c1-17-3-2-4-21(13-17)27-25(32)28-22-8-7-20-16-29(12-11-19(20)15-22)26(33)34-23-9-5-18(6-10-23)14-24(30)31/h2-4,7-8,13,15,18,23H,5-6,9-12,14,16H2,1H3,(H,30,31)(H2,27,28,32)/t18-,23-. The van der Waals surface area contributed by atoms with E-state index >= 15 is 0 Å². The van der Waals surface area contributed by atoms with Crippen LogP contribution in [0.3, 0.4) is 0 Å². The number of rotatable bonds is 5. The first kappa shape index (κ1) is 23.6. The van der Waals surface area contributed by atoms with Crippen LogP contribution < -0.4 is 10.6 Å². The van der Waals surface area contributed by atoms with Crippen molar-refractivity contribution in [3.8, 4) is 0 Å². The Balaban J connectivity index is 1.27. The first-order chi connectivity index (χ1) is 16.4. The van der Waals surface area contributed by atoms with E-state index in [0.717, 1.165) is 35.2 Å². The van der Waals surface area contributed by atoms with Gasteiger partial charge in [-0.2, -0.15) is 0 Å². The highest BCUT2D eigenvalue weighted by Crippen LogP contribution is 2.30. The minimum atomic E-state index is -0.766. The predicted octanol–water partition coefficient (Wildman–Crippen LogP) is 5.17. The Hall–Kier alpha value is -3.55. The number of carbonyl (C=O) groups is 3. The van der Waals surface area contributed by atoms with E-state index in [1.54, 1.807) is 4.90 Å². The van der Waals surface area contributed by atoms with Gasteiger partial charge in [0.1, 0.15) is 6.10 Å². The number of fused-ring (bicyclic) bond motifs is 1. The van der Waals surface area contributed by atoms with Crippen molar-refractivity contribution in [2.45, 2.75) is 58.1 Å². The Morgan fingerprint density at radius 1 is 1.00 bits per heavy atom. The average Bonchev–Trinajstić information content (AvgIpc) is 2.79. The topological polar surface area (TPSA) is 108 Å². The SMILES string of the molecule is Cc1cccc(NC(=O)Nc2ccc3c(c2)CCN(C(=O)O[C@H]2CC[C@H](CC(=O)O)CC2)C3)c1. The number of carboxylic acid groups (broad SMARTS) is 1.